The molecule has 4 rings (SSSR count). The Bertz CT molecular complexity index is 834. The van der Waals surface area contributed by atoms with Crippen molar-refractivity contribution >= 4 is 11.8 Å². The van der Waals surface area contributed by atoms with Gasteiger partial charge in [0.2, 0.25) is 0 Å². The molecular formula is C20H25N5O3. The monoisotopic (exact) mass is 383 g/mol. The third kappa shape index (κ3) is 3.87. The van der Waals surface area contributed by atoms with E-state index in [4.69, 9.17) is 0 Å². The number of aromatic hydroxyl groups is 1. The van der Waals surface area contributed by atoms with Gasteiger partial charge >= 0.3 is 0 Å². The highest BCUT2D eigenvalue weighted by Gasteiger charge is 2.27. The number of hydrogen-bond donors (Lipinski definition) is 2. The molecular weight excluding hydrogens is 358 g/mol. The quantitative estimate of drug-likeness (QED) is 0.829. The van der Waals surface area contributed by atoms with Gasteiger partial charge in [-0.2, -0.15) is 5.10 Å². The van der Waals surface area contributed by atoms with Crippen molar-refractivity contribution in [1.82, 2.24) is 24.9 Å². The van der Waals surface area contributed by atoms with Crippen LogP contribution in [0.1, 0.15) is 39.7 Å². The lowest BCUT2D eigenvalue weighted by Gasteiger charge is -2.34. The van der Waals surface area contributed by atoms with Crippen LogP contribution in [0.3, 0.4) is 0 Å². The van der Waals surface area contributed by atoms with E-state index in [0.29, 0.717) is 43.5 Å². The number of piperidine rings is 1. The zero-order valence-corrected chi connectivity index (χ0v) is 15.8. The van der Waals surface area contributed by atoms with E-state index >= 15 is 0 Å². The van der Waals surface area contributed by atoms with Crippen LogP contribution >= 0.6 is 0 Å². The van der Waals surface area contributed by atoms with Crippen LogP contribution in [0.5, 0.6) is 5.75 Å². The molecule has 2 N–H and O–H groups in total. The molecule has 2 aromatic rings. The first-order valence-corrected chi connectivity index (χ1v) is 9.75. The molecule has 0 bridgehead atoms. The van der Waals surface area contributed by atoms with Crippen molar-refractivity contribution < 1.29 is 14.7 Å². The molecule has 0 saturated carbocycles. The summed E-state index contributed by atoms with van der Waals surface area (Å²) in [5.41, 5.74) is 1.00. The van der Waals surface area contributed by atoms with Gasteiger partial charge in [-0.25, -0.2) is 0 Å². The average Bonchev–Trinajstić information content (AvgIpc) is 3.24. The van der Waals surface area contributed by atoms with Crippen molar-refractivity contribution in [3.05, 3.63) is 47.8 Å². The highest BCUT2D eigenvalue weighted by molar-refractivity contribution is 5.95. The summed E-state index contributed by atoms with van der Waals surface area (Å²) < 4.78 is 1.89. The Morgan fingerprint density at radius 2 is 1.68 bits per heavy atom. The summed E-state index contributed by atoms with van der Waals surface area (Å²) >= 11 is 0. The molecule has 1 unspecified atom stereocenters. The predicted octanol–water partition coefficient (Wildman–Crippen LogP) is 1.11. The van der Waals surface area contributed by atoms with Gasteiger partial charge in [0, 0.05) is 44.5 Å². The van der Waals surface area contributed by atoms with Crippen molar-refractivity contribution in [1.29, 1.82) is 0 Å². The maximum Gasteiger partial charge on any atom is 0.274 e. The number of carbonyl (C=O) groups excluding carboxylic acids is 2. The molecule has 1 aromatic heterocycles. The fourth-order valence-electron chi connectivity index (χ4n) is 3.78. The van der Waals surface area contributed by atoms with Crippen LogP contribution < -0.4 is 5.32 Å². The van der Waals surface area contributed by atoms with Crippen LogP contribution in [-0.4, -0.2) is 75.8 Å². The summed E-state index contributed by atoms with van der Waals surface area (Å²) in [5, 5.41) is 17.2. The second-order valence-electron chi connectivity index (χ2n) is 7.31. The van der Waals surface area contributed by atoms with E-state index in [1.807, 2.05) is 10.9 Å². The molecule has 148 valence electrons. The van der Waals surface area contributed by atoms with Crippen molar-refractivity contribution in [3.63, 3.8) is 0 Å². The van der Waals surface area contributed by atoms with Gasteiger partial charge in [-0.15, -0.1) is 0 Å². The number of phenolic OH excluding ortho intramolecular Hbond substituents is 1. The van der Waals surface area contributed by atoms with Crippen LogP contribution in [0.4, 0.5) is 0 Å². The number of phenols is 1. The fraction of sp³-hybridized carbons (Fsp3) is 0.450. The molecule has 3 heterocycles. The van der Waals surface area contributed by atoms with Gasteiger partial charge < -0.3 is 20.2 Å². The average molecular weight is 383 g/mol. The molecule has 2 fully saturated rings. The number of nitrogens with one attached hydrogen (secondary N) is 1. The Morgan fingerprint density at radius 1 is 1.00 bits per heavy atom. The highest BCUT2D eigenvalue weighted by Crippen LogP contribution is 2.17. The topological polar surface area (TPSA) is 90.7 Å². The lowest BCUT2D eigenvalue weighted by molar-refractivity contribution is 0.0531. The first-order valence-electron chi connectivity index (χ1n) is 9.75. The predicted molar refractivity (Wildman–Crippen MR) is 103 cm³/mol. The lowest BCUT2D eigenvalue weighted by atomic mass is 10.1. The molecule has 0 radical (unpaired) electrons. The molecule has 0 spiro atoms. The molecule has 0 aliphatic carbocycles. The van der Waals surface area contributed by atoms with E-state index in [1.54, 1.807) is 28.0 Å². The van der Waals surface area contributed by atoms with Gasteiger partial charge in [0.15, 0.2) is 0 Å². The Balaban J connectivity index is 1.34. The van der Waals surface area contributed by atoms with Crippen molar-refractivity contribution in [2.75, 3.05) is 39.3 Å². The molecule has 8 nitrogen and oxygen atoms in total. The smallest absolute Gasteiger partial charge is 0.274 e. The summed E-state index contributed by atoms with van der Waals surface area (Å²) in [5.74, 6) is -0.0316. The zero-order valence-electron chi connectivity index (χ0n) is 15.8. The third-order valence-corrected chi connectivity index (χ3v) is 5.44. The van der Waals surface area contributed by atoms with Crippen molar-refractivity contribution in [3.8, 4) is 5.75 Å². The minimum atomic E-state index is -0.0840. The van der Waals surface area contributed by atoms with E-state index in [9.17, 15) is 14.7 Å². The number of nitrogens with zero attached hydrogens (tertiary/aromatic N) is 4. The van der Waals surface area contributed by atoms with Crippen molar-refractivity contribution in [2.45, 2.75) is 18.9 Å². The van der Waals surface area contributed by atoms with Gasteiger partial charge in [-0.3, -0.25) is 14.3 Å². The van der Waals surface area contributed by atoms with Crippen molar-refractivity contribution in [2.24, 2.45) is 0 Å². The van der Waals surface area contributed by atoms with Crippen LogP contribution in [0, 0.1) is 0 Å². The minimum absolute atomic E-state index is 0.0822. The summed E-state index contributed by atoms with van der Waals surface area (Å²) in [4.78, 5) is 28.8. The standard InChI is InChI=1S/C20H25N5O3/c26-17-5-3-15(4-6-17)19(27)23-10-12-24(13-11-23)20(28)18-7-9-25(22-18)16-2-1-8-21-14-16/h3-7,9,16,21,26H,1-2,8,10-14H2. The lowest BCUT2D eigenvalue weighted by Crippen LogP contribution is -2.50. The first kappa shape index (κ1) is 18.5. The molecule has 2 saturated heterocycles. The third-order valence-electron chi connectivity index (χ3n) is 5.44. The zero-order chi connectivity index (χ0) is 19.5. The normalized spacial score (nSPS) is 20.2. The summed E-state index contributed by atoms with van der Waals surface area (Å²) in [7, 11) is 0. The van der Waals surface area contributed by atoms with Gasteiger partial charge in [0.1, 0.15) is 11.4 Å². The number of amides is 2. The van der Waals surface area contributed by atoms with Gasteiger partial charge in [-0.1, -0.05) is 0 Å². The molecule has 8 heteroatoms. The molecule has 2 aliphatic heterocycles. The van der Waals surface area contributed by atoms with Crippen LogP contribution in [0.25, 0.3) is 0 Å². The molecule has 2 aliphatic rings. The maximum absolute atomic E-state index is 12.8. The number of carbonyl (C=O) groups is 2. The first-order chi connectivity index (χ1) is 13.6. The Hall–Kier alpha value is -2.87. The summed E-state index contributed by atoms with van der Waals surface area (Å²) in [6, 6.07) is 8.32. The largest absolute Gasteiger partial charge is 0.508 e. The van der Waals surface area contributed by atoms with E-state index in [2.05, 4.69) is 10.4 Å². The Labute approximate surface area is 163 Å². The van der Waals surface area contributed by atoms with E-state index < -0.39 is 0 Å². The number of aromatic nitrogens is 2. The van der Waals surface area contributed by atoms with Crippen LogP contribution in [0.15, 0.2) is 36.5 Å². The second-order valence-corrected chi connectivity index (χ2v) is 7.31. The van der Waals surface area contributed by atoms with Crippen LogP contribution in [-0.2, 0) is 0 Å². The number of rotatable bonds is 3. The molecule has 2 amide bonds. The molecule has 1 atom stereocenters. The van der Waals surface area contributed by atoms with E-state index in [-0.39, 0.29) is 17.6 Å². The second kappa shape index (κ2) is 8.02. The molecule has 28 heavy (non-hydrogen) atoms. The number of hydrogen-bond acceptors (Lipinski definition) is 5. The Morgan fingerprint density at radius 3 is 2.32 bits per heavy atom. The summed E-state index contributed by atoms with van der Waals surface area (Å²) in [6.07, 6.45) is 4.07. The molecule has 1 aromatic carbocycles. The highest BCUT2D eigenvalue weighted by atomic mass is 16.3. The van der Waals surface area contributed by atoms with Gasteiger partial charge in [0.05, 0.1) is 6.04 Å². The Kier molecular flexibility index (Phi) is 5.29. The maximum atomic E-state index is 12.8. The van der Waals surface area contributed by atoms with E-state index in [0.717, 1.165) is 25.9 Å². The minimum Gasteiger partial charge on any atom is -0.508 e. The van der Waals surface area contributed by atoms with E-state index in [1.165, 1.54) is 12.1 Å². The number of piperazine rings is 1. The number of benzene rings is 1. The SMILES string of the molecule is O=C(c1ccc(O)cc1)N1CCN(C(=O)c2ccn(C3CCCNC3)n2)CC1. The van der Waals surface area contributed by atoms with Crippen LogP contribution in [0.2, 0.25) is 0 Å². The fourth-order valence-corrected chi connectivity index (χ4v) is 3.78. The van der Waals surface area contributed by atoms with Gasteiger partial charge in [0.25, 0.3) is 11.8 Å². The summed E-state index contributed by atoms with van der Waals surface area (Å²) in [6.45, 7) is 3.86. The van der Waals surface area contributed by atoms with Gasteiger partial charge in [-0.05, 0) is 49.7 Å².